The Labute approximate surface area is 106 Å². The highest BCUT2D eigenvalue weighted by atomic mass is 16.7. The van der Waals surface area contributed by atoms with Crippen LogP contribution in [-0.4, -0.2) is 32.5 Å². The molecule has 0 spiro atoms. The molecule has 0 saturated carbocycles. The number of rotatable bonds is 2. The van der Waals surface area contributed by atoms with Crippen molar-refractivity contribution >= 4 is 5.69 Å². The number of hydrogen-bond acceptors (Lipinski definition) is 5. The quantitative estimate of drug-likeness (QED) is 0.845. The van der Waals surface area contributed by atoms with Gasteiger partial charge in [0, 0.05) is 37.4 Å². The van der Waals surface area contributed by atoms with Crippen LogP contribution in [-0.2, 0) is 0 Å². The van der Waals surface area contributed by atoms with Crippen molar-refractivity contribution in [2.75, 3.05) is 31.3 Å². The Bertz CT molecular complexity index is 484. The Morgan fingerprint density at radius 1 is 1.39 bits per heavy atom. The molecule has 2 aliphatic heterocycles. The molecule has 0 aliphatic carbocycles. The number of fused-ring (bicyclic) bond motifs is 1. The molecule has 0 bridgehead atoms. The van der Waals surface area contributed by atoms with Crippen molar-refractivity contribution < 1.29 is 9.47 Å². The molecule has 3 rings (SSSR count). The third kappa shape index (κ3) is 2.07. The van der Waals surface area contributed by atoms with Crippen molar-refractivity contribution in [2.24, 2.45) is 0 Å². The molecule has 1 aromatic carbocycles. The molecule has 1 fully saturated rings. The first kappa shape index (κ1) is 11.2. The summed E-state index contributed by atoms with van der Waals surface area (Å²) in [7, 11) is 0. The summed E-state index contributed by atoms with van der Waals surface area (Å²) in [6, 6.07) is 8.46. The van der Waals surface area contributed by atoms with Crippen LogP contribution >= 0.6 is 0 Å². The summed E-state index contributed by atoms with van der Waals surface area (Å²) in [4.78, 5) is 2.28. The summed E-state index contributed by atoms with van der Waals surface area (Å²) in [6.07, 6.45) is 0.543. The lowest BCUT2D eigenvalue weighted by atomic mass is 10.1. The van der Waals surface area contributed by atoms with Gasteiger partial charge in [0.2, 0.25) is 6.79 Å². The Balaban J connectivity index is 1.76. The van der Waals surface area contributed by atoms with Crippen molar-refractivity contribution in [3.05, 3.63) is 18.2 Å². The fraction of sp³-hybridized carbons (Fsp3) is 0.462. The summed E-state index contributed by atoms with van der Waals surface area (Å²) in [5.74, 6) is 1.62. The van der Waals surface area contributed by atoms with E-state index in [1.54, 1.807) is 0 Å². The first-order valence-electron chi connectivity index (χ1n) is 6.12. The molecular weight excluding hydrogens is 230 g/mol. The van der Waals surface area contributed by atoms with Gasteiger partial charge in [0.1, 0.15) is 0 Å². The van der Waals surface area contributed by atoms with Crippen LogP contribution in [0.5, 0.6) is 11.5 Å². The standard InChI is InChI=1S/C13H15N3O2/c14-4-3-10-8-16(6-5-15-10)11-1-2-12-13(7-11)18-9-17-12/h1-2,7,10,15H,3,5-6,8-9H2. The first-order chi connectivity index (χ1) is 8.86. The number of hydrogen-bond donors (Lipinski definition) is 1. The van der Waals surface area contributed by atoms with Crippen molar-refractivity contribution in [3.8, 4) is 17.6 Å². The maximum absolute atomic E-state index is 8.76. The molecule has 1 unspecified atom stereocenters. The van der Waals surface area contributed by atoms with Crippen LogP contribution in [0.2, 0.25) is 0 Å². The monoisotopic (exact) mass is 245 g/mol. The Morgan fingerprint density at radius 3 is 3.17 bits per heavy atom. The Kier molecular flexibility index (Phi) is 2.95. The average Bonchev–Trinajstić information content (AvgIpc) is 2.86. The smallest absolute Gasteiger partial charge is 0.231 e. The van der Waals surface area contributed by atoms with Gasteiger partial charge in [0.05, 0.1) is 12.5 Å². The van der Waals surface area contributed by atoms with Gasteiger partial charge >= 0.3 is 0 Å². The van der Waals surface area contributed by atoms with E-state index in [0.717, 1.165) is 36.8 Å². The minimum Gasteiger partial charge on any atom is -0.454 e. The van der Waals surface area contributed by atoms with Crippen molar-refractivity contribution in [2.45, 2.75) is 12.5 Å². The molecule has 1 atom stereocenters. The third-order valence-corrected chi connectivity index (χ3v) is 3.31. The molecule has 0 aromatic heterocycles. The number of nitriles is 1. The third-order valence-electron chi connectivity index (χ3n) is 3.31. The molecule has 94 valence electrons. The zero-order valence-electron chi connectivity index (χ0n) is 10.1. The van der Waals surface area contributed by atoms with Gasteiger partial charge in [-0.2, -0.15) is 5.26 Å². The van der Waals surface area contributed by atoms with E-state index in [-0.39, 0.29) is 6.04 Å². The molecule has 1 N–H and O–H groups in total. The highest BCUT2D eigenvalue weighted by Gasteiger charge is 2.21. The van der Waals surface area contributed by atoms with E-state index in [4.69, 9.17) is 14.7 Å². The zero-order chi connectivity index (χ0) is 12.4. The first-order valence-corrected chi connectivity index (χ1v) is 6.12. The largest absolute Gasteiger partial charge is 0.454 e. The predicted molar refractivity (Wildman–Crippen MR) is 66.8 cm³/mol. The lowest BCUT2D eigenvalue weighted by molar-refractivity contribution is 0.174. The predicted octanol–water partition coefficient (Wildman–Crippen LogP) is 1.11. The van der Waals surface area contributed by atoms with E-state index >= 15 is 0 Å². The van der Waals surface area contributed by atoms with Gasteiger partial charge in [-0.1, -0.05) is 0 Å². The SMILES string of the molecule is N#CCC1CN(c2ccc3c(c2)OCO3)CCN1. The van der Waals surface area contributed by atoms with Crippen molar-refractivity contribution in [3.63, 3.8) is 0 Å². The van der Waals surface area contributed by atoms with E-state index in [2.05, 4.69) is 16.3 Å². The lowest BCUT2D eigenvalue weighted by Crippen LogP contribution is -2.50. The van der Waals surface area contributed by atoms with Crippen LogP contribution in [0.1, 0.15) is 6.42 Å². The summed E-state index contributed by atoms with van der Waals surface area (Å²) in [5.41, 5.74) is 1.13. The summed E-state index contributed by atoms with van der Waals surface area (Å²) >= 11 is 0. The highest BCUT2D eigenvalue weighted by Crippen LogP contribution is 2.35. The van der Waals surface area contributed by atoms with Gasteiger partial charge in [-0.3, -0.25) is 0 Å². The number of benzene rings is 1. The van der Waals surface area contributed by atoms with Crippen LogP contribution < -0.4 is 19.7 Å². The molecule has 2 aliphatic rings. The Morgan fingerprint density at radius 2 is 2.28 bits per heavy atom. The van der Waals surface area contributed by atoms with Crippen LogP contribution in [0.15, 0.2) is 18.2 Å². The topological polar surface area (TPSA) is 57.5 Å². The molecule has 5 nitrogen and oxygen atoms in total. The van der Waals surface area contributed by atoms with Crippen LogP contribution in [0.4, 0.5) is 5.69 Å². The van der Waals surface area contributed by atoms with E-state index in [1.165, 1.54) is 0 Å². The van der Waals surface area contributed by atoms with Gasteiger partial charge in [-0.05, 0) is 12.1 Å². The lowest BCUT2D eigenvalue weighted by Gasteiger charge is -2.34. The fourth-order valence-corrected chi connectivity index (χ4v) is 2.39. The van der Waals surface area contributed by atoms with Crippen LogP contribution in [0.25, 0.3) is 0 Å². The maximum Gasteiger partial charge on any atom is 0.231 e. The molecule has 1 aromatic rings. The molecule has 0 radical (unpaired) electrons. The summed E-state index contributed by atoms with van der Waals surface area (Å²) < 4.78 is 10.7. The normalized spacial score (nSPS) is 21.7. The molecule has 18 heavy (non-hydrogen) atoms. The van der Waals surface area contributed by atoms with E-state index in [1.807, 2.05) is 18.2 Å². The van der Waals surface area contributed by atoms with E-state index < -0.39 is 0 Å². The average molecular weight is 245 g/mol. The van der Waals surface area contributed by atoms with E-state index in [0.29, 0.717) is 13.2 Å². The van der Waals surface area contributed by atoms with Gasteiger partial charge < -0.3 is 19.7 Å². The van der Waals surface area contributed by atoms with Crippen molar-refractivity contribution in [1.29, 1.82) is 5.26 Å². The Hall–Kier alpha value is -1.93. The molecule has 1 saturated heterocycles. The van der Waals surface area contributed by atoms with Crippen LogP contribution in [0.3, 0.4) is 0 Å². The number of nitrogens with zero attached hydrogens (tertiary/aromatic N) is 2. The maximum atomic E-state index is 8.76. The second kappa shape index (κ2) is 4.75. The molecule has 2 heterocycles. The number of nitrogens with one attached hydrogen (secondary N) is 1. The van der Waals surface area contributed by atoms with Gasteiger partial charge in [-0.15, -0.1) is 0 Å². The number of piperazine rings is 1. The minimum absolute atomic E-state index is 0.245. The second-order valence-electron chi connectivity index (χ2n) is 4.50. The number of anilines is 1. The second-order valence-corrected chi connectivity index (χ2v) is 4.50. The fourth-order valence-electron chi connectivity index (χ4n) is 2.39. The number of ether oxygens (including phenoxy) is 2. The summed E-state index contributed by atoms with van der Waals surface area (Å²) in [6.45, 7) is 3.01. The van der Waals surface area contributed by atoms with Gasteiger partial charge in [0.15, 0.2) is 11.5 Å². The molecule has 5 heteroatoms. The van der Waals surface area contributed by atoms with E-state index in [9.17, 15) is 0 Å². The van der Waals surface area contributed by atoms with Gasteiger partial charge in [0.25, 0.3) is 0 Å². The highest BCUT2D eigenvalue weighted by molar-refractivity contribution is 5.57. The minimum atomic E-state index is 0.245. The van der Waals surface area contributed by atoms with Gasteiger partial charge in [-0.25, -0.2) is 0 Å². The zero-order valence-corrected chi connectivity index (χ0v) is 10.1. The molecular formula is C13H15N3O2. The molecule has 0 amide bonds. The van der Waals surface area contributed by atoms with Crippen LogP contribution in [0, 0.1) is 11.3 Å². The van der Waals surface area contributed by atoms with Crippen molar-refractivity contribution in [1.82, 2.24) is 5.32 Å². The summed E-state index contributed by atoms with van der Waals surface area (Å²) in [5, 5.41) is 12.1.